The molecule has 0 N–H and O–H groups in total. The summed E-state index contributed by atoms with van der Waals surface area (Å²) < 4.78 is 10.7. The summed E-state index contributed by atoms with van der Waals surface area (Å²) in [5, 5.41) is 1.12. The lowest BCUT2D eigenvalue weighted by Gasteiger charge is -2.05. The Kier molecular flexibility index (Phi) is 1.39. The molecule has 2 nitrogen and oxygen atoms in total. The summed E-state index contributed by atoms with van der Waals surface area (Å²) in [7, 11) is 0. The van der Waals surface area contributed by atoms with Crippen molar-refractivity contribution in [2.24, 2.45) is 0 Å². The van der Waals surface area contributed by atoms with E-state index < -0.39 is 0 Å². The van der Waals surface area contributed by atoms with Crippen LogP contribution in [0.3, 0.4) is 0 Å². The van der Waals surface area contributed by atoms with E-state index >= 15 is 0 Å². The Morgan fingerprint density at radius 3 is 2.93 bits per heavy atom. The van der Waals surface area contributed by atoms with E-state index in [4.69, 9.17) is 9.15 Å². The van der Waals surface area contributed by atoms with Crippen molar-refractivity contribution in [1.82, 2.24) is 0 Å². The summed E-state index contributed by atoms with van der Waals surface area (Å²) in [6, 6.07) is 8.07. The highest BCUT2D eigenvalue weighted by molar-refractivity contribution is 5.78. The Balaban J connectivity index is 2.18. The van der Waals surface area contributed by atoms with Gasteiger partial charge in [0, 0.05) is 5.39 Å². The van der Waals surface area contributed by atoms with Gasteiger partial charge in [0.2, 0.25) is 0 Å². The number of rotatable bonds is 2. The smallest absolute Gasteiger partial charge is 0.135 e. The summed E-state index contributed by atoms with van der Waals surface area (Å²) in [6.07, 6.45) is 3.54. The standard InChI is InChI=1S/C12H10O2/c1-2-12(8-14-12)10-4-3-9-5-6-13-11(9)7-10/h2-7H,1,8H2. The van der Waals surface area contributed by atoms with Crippen LogP contribution in [0.2, 0.25) is 0 Å². The lowest BCUT2D eigenvalue weighted by Crippen LogP contribution is -2.02. The minimum atomic E-state index is -0.249. The highest BCUT2D eigenvalue weighted by Gasteiger charge is 2.43. The van der Waals surface area contributed by atoms with E-state index in [2.05, 4.69) is 12.6 Å². The molecule has 1 aliphatic heterocycles. The van der Waals surface area contributed by atoms with Gasteiger partial charge in [-0.2, -0.15) is 0 Å². The van der Waals surface area contributed by atoms with Crippen LogP contribution in [0, 0.1) is 0 Å². The molecule has 2 heterocycles. The van der Waals surface area contributed by atoms with Crippen LogP contribution < -0.4 is 0 Å². The topological polar surface area (TPSA) is 25.7 Å². The first-order valence-corrected chi connectivity index (χ1v) is 4.59. The van der Waals surface area contributed by atoms with Crippen molar-refractivity contribution < 1.29 is 9.15 Å². The van der Waals surface area contributed by atoms with E-state index in [-0.39, 0.29) is 5.60 Å². The van der Waals surface area contributed by atoms with Crippen LogP contribution in [-0.4, -0.2) is 6.61 Å². The molecule has 1 unspecified atom stereocenters. The fraction of sp³-hybridized carbons (Fsp3) is 0.167. The number of fused-ring (bicyclic) bond motifs is 1. The maximum absolute atomic E-state index is 5.40. The average Bonchev–Trinajstić information content (AvgIpc) is 2.89. The molecule has 1 atom stereocenters. The molecule has 1 fully saturated rings. The largest absolute Gasteiger partial charge is 0.464 e. The van der Waals surface area contributed by atoms with Gasteiger partial charge in [0.15, 0.2) is 0 Å². The van der Waals surface area contributed by atoms with E-state index in [1.54, 1.807) is 6.26 Å². The van der Waals surface area contributed by atoms with Crippen LogP contribution >= 0.6 is 0 Å². The third kappa shape index (κ3) is 0.946. The molecule has 1 saturated heterocycles. The van der Waals surface area contributed by atoms with Crippen molar-refractivity contribution in [3.05, 3.63) is 48.7 Å². The molecule has 14 heavy (non-hydrogen) atoms. The van der Waals surface area contributed by atoms with Gasteiger partial charge in [-0.25, -0.2) is 0 Å². The second kappa shape index (κ2) is 2.49. The molecule has 0 radical (unpaired) electrons. The molecule has 0 spiro atoms. The second-order valence-electron chi connectivity index (χ2n) is 3.56. The Bertz CT molecular complexity index is 492. The van der Waals surface area contributed by atoms with E-state index in [1.807, 2.05) is 24.3 Å². The highest BCUT2D eigenvalue weighted by Crippen LogP contribution is 2.40. The van der Waals surface area contributed by atoms with Crippen molar-refractivity contribution in [2.75, 3.05) is 6.61 Å². The van der Waals surface area contributed by atoms with E-state index in [0.29, 0.717) is 0 Å². The minimum Gasteiger partial charge on any atom is -0.464 e. The first-order valence-electron chi connectivity index (χ1n) is 4.59. The molecule has 2 aromatic rings. The number of hydrogen-bond acceptors (Lipinski definition) is 2. The normalized spacial score (nSPS) is 25.1. The maximum Gasteiger partial charge on any atom is 0.135 e. The Labute approximate surface area is 81.8 Å². The van der Waals surface area contributed by atoms with Crippen molar-refractivity contribution in [1.29, 1.82) is 0 Å². The van der Waals surface area contributed by atoms with Gasteiger partial charge in [-0.3, -0.25) is 0 Å². The third-order valence-electron chi connectivity index (χ3n) is 2.73. The Morgan fingerprint density at radius 1 is 1.36 bits per heavy atom. The summed E-state index contributed by atoms with van der Waals surface area (Å²) in [6.45, 7) is 4.51. The monoisotopic (exact) mass is 186 g/mol. The van der Waals surface area contributed by atoms with E-state index in [0.717, 1.165) is 23.1 Å². The fourth-order valence-electron chi connectivity index (χ4n) is 1.70. The van der Waals surface area contributed by atoms with Crippen molar-refractivity contribution in [2.45, 2.75) is 5.60 Å². The summed E-state index contributed by atoms with van der Waals surface area (Å²) in [4.78, 5) is 0. The van der Waals surface area contributed by atoms with Crippen LogP contribution in [0.4, 0.5) is 0 Å². The first-order chi connectivity index (χ1) is 6.84. The number of ether oxygens (including phenoxy) is 1. The molecule has 0 amide bonds. The van der Waals surface area contributed by atoms with Gasteiger partial charge in [0.1, 0.15) is 11.2 Å². The molecule has 1 aromatic carbocycles. The van der Waals surface area contributed by atoms with Crippen LogP contribution in [-0.2, 0) is 10.3 Å². The lowest BCUT2D eigenvalue weighted by molar-refractivity contribution is 0.357. The number of furan rings is 1. The number of benzene rings is 1. The minimum absolute atomic E-state index is 0.249. The zero-order valence-corrected chi connectivity index (χ0v) is 7.69. The van der Waals surface area contributed by atoms with Gasteiger partial charge >= 0.3 is 0 Å². The molecule has 0 saturated carbocycles. The third-order valence-corrected chi connectivity index (χ3v) is 2.73. The second-order valence-corrected chi connectivity index (χ2v) is 3.56. The molecule has 1 aliphatic rings. The molecule has 3 rings (SSSR count). The van der Waals surface area contributed by atoms with Gasteiger partial charge in [-0.1, -0.05) is 24.8 Å². The van der Waals surface area contributed by atoms with Crippen molar-refractivity contribution in [3.63, 3.8) is 0 Å². The summed E-state index contributed by atoms with van der Waals surface area (Å²) in [5.74, 6) is 0. The van der Waals surface area contributed by atoms with Crippen LogP contribution in [0.25, 0.3) is 11.0 Å². The summed E-state index contributed by atoms with van der Waals surface area (Å²) in [5.41, 5.74) is 1.77. The number of epoxide rings is 1. The van der Waals surface area contributed by atoms with Gasteiger partial charge < -0.3 is 9.15 Å². The molecule has 0 bridgehead atoms. The van der Waals surface area contributed by atoms with Crippen molar-refractivity contribution in [3.8, 4) is 0 Å². The fourth-order valence-corrected chi connectivity index (χ4v) is 1.70. The van der Waals surface area contributed by atoms with E-state index in [9.17, 15) is 0 Å². The SMILES string of the molecule is C=CC1(c2ccc3ccoc3c2)CO1. The molecular weight excluding hydrogens is 176 g/mol. The predicted molar refractivity (Wildman–Crippen MR) is 54.0 cm³/mol. The Morgan fingerprint density at radius 2 is 2.21 bits per heavy atom. The van der Waals surface area contributed by atoms with Crippen molar-refractivity contribution >= 4 is 11.0 Å². The molecule has 70 valence electrons. The highest BCUT2D eigenvalue weighted by atomic mass is 16.6. The van der Waals surface area contributed by atoms with Gasteiger partial charge in [0.25, 0.3) is 0 Å². The average molecular weight is 186 g/mol. The first kappa shape index (κ1) is 7.83. The zero-order valence-electron chi connectivity index (χ0n) is 7.69. The summed E-state index contributed by atoms with van der Waals surface area (Å²) >= 11 is 0. The van der Waals surface area contributed by atoms with Crippen LogP contribution in [0.1, 0.15) is 5.56 Å². The molecular formula is C12H10O2. The van der Waals surface area contributed by atoms with Crippen LogP contribution in [0.5, 0.6) is 0 Å². The predicted octanol–water partition coefficient (Wildman–Crippen LogP) is 2.84. The van der Waals surface area contributed by atoms with Crippen LogP contribution in [0.15, 0.2) is 47.6 Å². The quantitative estimate of drug-likeness (QED) is 0.532. The zero-order chi connectivity index (χ0) is 9.60. The molecule has 2 heteroatoms. The molecule has 0 aliphatic carbocycles. The number of hydrogen-bond donors (Lipinski definition) is 0. The maximum atomic E-state index is 5.40. The van der Waals surface area contributed by atoms with E-state index in [1.165, 1.54) is 0 Å². The van der Waals surface area contributed by atoms with Gasteiger partial charge in [0.05, 0.1) is 12.9 Å². The molecule has 1 aromatic heterocycles. The van der Waals surface area contributed by atoms with Gasteiger partial charge in [-0.05, 0) is 17.7 Å². The Hall–Kier alpha value is -1.54. The van der Waals surface area contributed by atoms with Gasteiger partial charge in [-0.15, -0.1) is 0 Å². The lowest BCUT2D eigenvalue weighted by atomic mass is 9.99.